The van der Waals surface area contributed by atoms with Gasteiger partial charge in [-0.1, -0.05) is 18.2 Å². The number of fused-ring (bicyclic) bond motifs is 1. The van der Waals surface area contributed by atoms with Gasteiger partial charge in [-0.2, -0.15) is 0 Å². The zero-order valence-corrected chi connectivity index (χ0v) is 16.8. The summed E-state index contributed by atoms with van der Waals surface area (Å²) in [6.45, 7) is 5.77. The van der Waals surface area contributed by atoms with Crippen molar-refractivity contribution in [1.29, 1.82) is 0 Å². The van der Waals surface area contributed by atoms with Crippen LogP contribution in [0.1, 0.15) is 25.8 Å². The van der Waals surface area contributed by atoms with Gasteiger partial charge in [0.1, 0.15) is 0 Å². The van der Waals surface area contributed by atoms with Crippen LogP contribution >= 0.6 is 0 Å². The molecule has 2 aromatic carbocycles. The number of carbonyl (C=O) groups excluding carboxylic acids is 1. The zero-order valence-electron chi connectivity index (χ0n) is 16.8. The lowest BCUT2D eigenvalue weighted by Crippen LogP contribution is -2.27. The highest BCUT2D eigenvalue weighted by atomic mass is 16.5. The Kier molecular flexibility index (Phi) is 6.94. The molecule has 1 heterocycles. The minimum atomic E-state index is -0.447. The molecule has 29 heavy (non-hydrogen) atoms. The molecule has 1 amide bonds. The molecule has 3 aromatic rings. The minimum absolute atomic E-state index is 0.113. The number of ether oxygens (including phenoxy) is 2. The number of aromatic nitrogens is 1. The maximum Gasteiger partial charge on any atom is 0.419 e. The van der Waals surface area contributed by atoms with Crippen LogP contribution in [-0.2, 0) is 17.8 Å². The molecule has 0 aliphatic carbocycles. The lowest BCUT2D eigenvalue weighted by molar-refractivity contribution is -0.121. The number of hydrogen-bond donors (Lipinski definition) is 1. The second kappa shape index (κ2) is 9.82. The van der Waals surface area contributed by atoms with E-state index >= 15 is 0 Å². The Hall–Kier alpha value is -3.22. The van der Waals surface area contributed by atoms with Crippen molar-refractivity contribution in [2.24, 2.45) is 0 Å². The Labute approximate surface area is 169 Å². The second-order valence-electron chi connectivity index (χ2n) is 6.48. The predicted molar refractivity (Wildman–Crippen MR) is 111 cm³/mol. The van der Waals surface area contributed by atoms with Gasteiger partial charge in [-0.15, -0.1) is 0 Å². The summed E-state index contributed by atoms with van der Waals surface area (Å²) in [5.41, 5.74) is 2.27. The van der Waals surface area contributed by atoms with Gasteiger partial charge < -0.3 is 19.2 Å². The number of nitrogens with zero attached hydrogens (tertiary/aromatic N) is 1. The molecule has 0 saturated heterocycles. The molecule has 0 bridgehead atoms. The van der Waals surface area contributed by atoms with Crippen molar-refractivity contribution < 1.29 is 18.7 Å². The molecule has 1 N–H and O–H groups in total. The maximum atomic E-state index is 12.2. The summed E-state index contributed by atoms with van der Waals surface area (Å²) < 4.78 is 17.9. The van der Waals surface area contributed by atoms with E-state index in [4.69, 9.17) is 13.9 Å². The predicted octanol–water partition coefficient (Wildman–Crippen LogP) is 3.14. The Morgan fingerprint density at radius 3 is 2.62 bits per heavy atom. The summed E-state index contributed by atoms with van der Waals surface area (Å²) in [5, 5.41) is 2.90. The number of para-hydroxylation sites is 2. The molecule has 0 radical (unpaired) electrons. The summed E-state index contributed by atoms with van der Waals surface area (Å²) >= 11 is 0. The van der Waals surface area contributed by atoms with Gasteiger partial charge in [-0.25, -0.2) is 4.79 Å². The van der Waals surface area contributed by atoms with Crippen LogP contribution in [0.15, 0.2) is 51.7 Å². The first kappa shape index (κ1) is 20.5. The molecule has 1 aromatic heterocycles. The van der Waals surface area contributed by atoms with E-state index in [1.807, 2.05) is 38.1 Å². The van der Waals surface area contributed by atoms with E-state index in [1.165, 1.54) is 4.57 Å². The number of rotatable bonds is 10. The van der Waals surface area contributed by atoms with Gasteiger partial charge in [0.25, 0.3) is 0 Å². The van der Waals surface area contributed by atoms with Crippen LogP contribution in [0.3, 0.4) is 0 Å². The summed E-state index contributed by atoms with van der Waals surface area (Å²) in [4.78, 5) is 24.1. The van der Waals surface area contributed by atoms with Crippen LogP contribution in [-0.4, -0.2) is 30.2 Å². The SMILES string of the molecule is CCOc1ccc(CCNC(=O)CCn2c(=O)oc3ccccc32)cc1OCC. The number of nitrogens with one attached hydrogen (secondary N) is 1. The van der Waals surface area contributed by atoms with Gasteiger partial charge in [0, 0.05) is 19.5 Å². The van der Waals surface area contributed by atoms with E-state index in [0.29, 0.717) is 43.0 Å². The third kappa shape index (κ3) is 5.19. The van der Waals surface area contributed by atoms with Crippen LogP contribution in [0.25, 0.3) is 11.1 Å². The quantitative estimate of drug-likeness (QED) is 0.567. The lowest BCUT2D eigenvalue weighted by atomic mass is 10.1. The number of aryl methyl sites for hydroxylation is 1. The summed E-state index contributed by atoms with van der Waals surface area (Å²) in [6.07, 6.45) is 0.879. The molecule has 7 nitrogen and oxygen atoms in total. The smallest absolute Gasteiger partial charge is 0.419 e. The second-order valence-corrected chi connectivity index (χ2v) is 6.48. The molecule has 3 rings (SSSR count). The fourth-order valence-electron chi connectivity index (χ4n) is 3.12. The first-order valence-electron chi connectivity index (χ1n) is 9.86. The Morgan fingerprint density at radius 2 is 1.83 bits per heavy atom. The molecule has 0 atom stereocenters. The van der Waals surface area contributed by atoms with E-state index in [0.717, 1.165) is 11.3 Å². The van der Waals surface area contributed by atoms with Crippen LogP contribution in [0.2, 0.25) is 0 Å². The Bertz CT molecular complexity index is 1020. The van der Waals surface area contributed by atoms with Gasteiger partial charge in [-0.3, -0.25) is 9.36 Å². The highest BCUT2D eigenvalue weighted by Crippen LogP contribution is 2.28. The number of oxazole rings is 1. The van der Waals surface area contributed by atoms with E-state index in [-0.39, 0.29) is 18.9 Å². The van der Waals surface area contributed by atoms with Gasteiger partial charge >= 0.3 is 5.76 Å². The number of hydrogen-bond acceptors (Lipinski definition) is 5. The molecule has 0 fully saturated rings. The third-order valence-corrected chi connectivity index (χ3v) is 4.48. The molecule has 0 aliphatic heterocycles. The fraction of sp³-hybridized carbons (Fsp3) is 0.364. The van der Waals surface area contributed by atoms with Gasteiger partial charge in [0.2, 0.25) is 5.91 Å². The zero-order chi connectivity index (χ0) is 20.6. The van der Waals surface area contributed by atoms with Gasteiger partial charge in [0.05, 0.1) is 18.7 Å². The lowest BCUT2D eigenvalue weighted by Gasteiger charge is -2.12. The monoisotopic (exact) mass is 398 g/mol. The van der Waals surface area contributed by atoms with E-state index in [1.54, 1.807) is 18.2 Å². The van der Waals surface area contributed by atoms with Crippen LogP contribution in [0.4, 0.5) is 0 Å². The molecule has 154 valence electrons. The van der Waals surface area contributed by atoms with E-state index < -0.39 is 5.76 Å². The first-order valence-corrected chi connectivity index (χ1v) is 9.86. The highest BCUT2D eigenvalue weighted by molar-refractivity contribution is 5.76. The van der Waals surface area contributed by atoms with Gasteiger partial charge in [0.15, 0.2) is 17.1 Å². The minimum Gasteiger partial charge on any atom is -0.490 e. The van der Waals surface area contributed by atoms with E-state index in [2.05, 4.69) is 5.32 Å². The third-order valence-electron chi connectivity index (χ3n) is 4.48. The number of amides is 1. The van der Waals surface area contributed by atoms with Crippen molar-refractivity contribution >= 4 is 17.0 Å². The first-order chi connectivity index (χ1) is 14.1. The standard InChI is InChI=1S/C22H26N2O5/c1-3-27-19-10-9-16(15-20(19)28-4-2)11-13-23-21(25)12-14-24-17-7-5-6-8-18(17)29-22(24)26/h5-10,15H,3-4,11-14H2,1-2H3,(H,23,25). The summed E-state index contributed by atoms with van der Waals surface area (Å²) in [7, 11) is 0. The highest BCUT2D eigenvalue weighted by Gasteiger charge is 2.11. The Morgan fingerprint density at radius 1 is 1.07 bits per heavy atom. The number of carbonyl (C=O) groups is 1. The van der Waals surface area contributed by atoms with Crippen molar-refractivity contribution in [2.75, 3.05) is 19.8 Å². The molecular weight excluding hydrogens is 372 g/mol. The van der Waals surface area contributed by atoms with Crippen LogP contribution in [0, 0.1) is 0 Å². The average Bonchev–Trinajstić information content (AvgIpc) is 3.03. The number of benzene rings is 2. The molecule has 0 unspecified atom stereocenters. The van der Waals surface area contributed by atoms with Crippen molar-refractivity contribution in [3.05, 3.63) is 58.6 Å². The summed E-state index contributed by atoms with van der Waals surface area (Å²) in [6, 6.07) is 13.0. The van der Waals surface area contributed by atoms with Gasteiger partial charge in [-0.05, 0) is 50.1 Å². The normalized spacial score (nSPS) is 10.8. The molecule has 0 spiro atoms. The maximum absolute atomic E-state index is 12.2. The van der Waals surface area contributed by atoms with Crippen molar-refractivity contribution in [2.45, 2.75) is 33.2 Å². The molecule has 0 aliphatic rings. The fourth-order valence-corrected chi connectivity index (χ4v) is 3.12. The molecule has 0 saturated carbocycles. The van der Waals surface area contributed by atoms with Crippen molar-refractivity contribution in [3.63, 3.8) is 0 Å². The van der Waals surface area contributed by atoms with Crippen molar-refractivity contribution in [3.8, 4) is 11.5 Å². The van der Waals surface area contributed by atoms with E-state index in [9.17, 15) is 9.59 Å². The average molecular weight is 398 g/mol. The molecule has 7 heteroatoms. The van der Waals surface area contributed by atoms with Crippen LogP contribution < -0.4 is 20.5 Å². The van der Waals surface area contributed by atoms with Crippen molar-refractivity contribution in [1.82, 2.24) is 9.88 Å². The largest absolute Gasteiger partial charge is 0.490 e. The Balaban J connectivity index is 1.51. The topological polar surface area (TPSA) is 82.7 Å². The van der Waals surface area contributed by atoms with Crippen LogP contribution in [0.5, 0.6) is 11.5 Å². The molecular formula is C22H26N2O5. The summed E-state index contributed by atoms with van der Waals surface area (Å²) in [5.74, 6) is 0.874.